The number of anilines is 1. The lowest BCUT2D eigenvalue weighted by atomic mass is 9.79. The maximum absolute atomic E-state index is 12.3. The van der Waals surface area contributed by atoms with E-state index < -0.39 is 0 Å². The van der Waals surface area contributed by atoms with Gasteiger partial charge in [-0.1, -0.05) is 13.8 Å². The van der Waals surface area contributed by atoms with Crippen molar-refractivity contribution < 1.29 is 4.79 Å². The molecule has 2 saturated heterocycles. The summed E-state index contributed by atoms with van der Waals surface area (Å²) in [6.45, 7) is 9.44. The third kappa shape index (κ3) is 3.86. The van der Waals surface area contributed by atoms with E-state index in [0.717, 1.165) is 58.4 Å². The molecule has 0 aliphatic carbocycles. The summed E-state index contributed by atoms with van der Waals surface area (Å²) >= 11 is 0. The van der Waals surface area contributed by atoms with Gasteiger partial charge in [0, 0.05) is 44.5 Å². The molecule has 1 atom stereocenters. The molecule has 0 bridgehead atoms. The molecule has 140 valence electrons. The Kier molecular flexibility index (Phi) is 5.83. The van der Waals surface area contributed by atoms with Gasteiger partial charge in [0.1, 0.15) is 0 Å². The Hall–Kier alpha value is -2.06. The van der Waals surface area contributed by atoms with Gasteiger partial charge in [0.05, 0.1) is 17.0 Å². The average molecular weight is 354 g/mol. The third-order valence-corrected chi connectivity index (χ3v) is 6.34. The summed E-state index contributed by atoms with van der Waals surface area (Å²) in [5, 5.41) is 12.1. The van der Waals surface area contributed by atoms with E-state index in [2.05, 4.69) is 35.0 Å². The molecule has 1 N–H and O–H groups in total. The molecule has 0 unspecified atom stereocenters. The summed E-state index contributed by atoms with van der Waals surface area (Å²) in [6.07, 6.45) is 3.92. The summed E-state index contributed by atoms with van der Waals surface area (Å²) in [5.74, 6) is 0.262. The van der Waals surface area contributed by atoms with E-state index in [-0.39, 0.29) is 11.3 Å². The van der Waals surface area contributed by atoms with Crippen LogP contribution in [0.25, 0.3) is 0 Å². The number of nitrogens with zero attached hydrogens (tertiary/aromatic N) is 3. The SMILES string of the molecule is CCC1(CC)C[C@H](CCN2CCN(c3ccc(C#N)cc3)CC2)NC1=O. The quantitative estimate of drug-likeness (QED) is 0.853. The molecule has 1 aromatic rings. The van der Waals surface area contributed by atoms with Crippen molar-refractivity contribution in [3.63, 3.8) is 0 Å². The molecule has 0 spiro atoms. The van der Waals surface area contributed by atoms with Gasteiger partial charge < -0.3 is 10.2 Å². The van der Waals surface area contributed by atoms with Crippen molar-refractivity contribution in [2.45, 2.75) is 45.6 Å². The number of rotatable bonds is 6. The average Bonchev–Trinajstić information content (AvgIpc) is 3.03. The number of amides is 1. The zero-order valence-corrected chi connectivity index (χ0v) is 16.0. The van der Waals surface area contributed by atoms with Crippen LogP contribution in [-0.2, 0) is 4.79 Å². The lowest BCUT2D eigenvalue weighted by Gasteiger charge is -2.36. The zero-order valence-electron chi connectivity index (χ0n) is 16.0. The normalized spacial score (nSPS) is 22.9. The molecule has 2 heterocycles. The fourth-order valence-corrected chi connectivity index (χ4v) is 4.30. The van der Waals surface area contributed by atoms with Crippen molar-refractivity contribution in [2.75, 3.05) is 37.6 Å². The second kappa shape index (κ2) is 8.09. The standard InChI is InChI=1S/C21H30N4O/c1-3-21(4-2)15-18(23-20(21)26)9-10-24-11-13-25(14-12-24)19-7-5-17(16-22)6-8-19/h5-8,18H,3-4,9-15H2,1-2H3,(H,23,26)/t18-/m0/s1. The van der Waals surface area contributed by atoms with Crippen LogP contribution in [0.2, 0.25) is 0 Å². The largest absolute Gasteiger partial charge is 0.369 e. The molecule has 1 aromatic carbocycles. The first-order valence-electron chi connectivity index (χ1n) is 9.88. The number of hydrogen-bond donors (Lipinski definition) is 1. The zero-order chi connectivity index (χ0) is 18.6. The highest BCUT2D eigenvalue weighted by Gasteiger charge is 2.43. The molecule has 5 heteroatoms. The number of nitriles is 1. The van der Waals surface area contributed by atoms with Crippen LogP contribution < -0.4 is 10.2 Å². The van der Waals surface area contributed by atoms with Crippen LogP contribution in [-0.4, -0.2) is 49.6 Å². The van der Waals surface area contributed by atoms with Gasteiger partial charge in [-0.05, 0) is 49.9 Å². The van der Waals surface area contributed by atoms with Crippen molar-refractivity contribution in [3.05, 3.63) is 29.8 Å². The number of nitrogens with one attached hydrogen (secondary N) is 1. The second-order valence-corrected chi connectivity index (χ2v) is 7.64. The van der Waals surface area contributed by atoms with E-state index in [4.69, 9.17) is 5.26 Å². The fourth-order valence-electron chi connectivity index (χ4n) is 4.30. The number of piperazine rings is 1. The van der Waals surface area contributed by atoms with Crippen LogP contribution in [0.5, 0.6) is 0 Å². The first kappa shape index (κ1) is 18.7. The van der Waals surface area contributed by atoms with E-state index in [1.54, 1.807) is 0 Å². The number of hydrogen-bond acceptors (Lipinski definition) is 4. The maximum atomic E-state index is 12.3. The van der Waals surface area contributed by atoms with Crippen LogP contribution >= 0.6 is 0 Å². The van der Waals surface area contributed by atoms with Gasteiger partial charge in [-0.2, -0.15) is 5.26 Å². The van der Waals surface area contributed by atoms with Crippen LogP contribution in [0.4, 0.5) is 5.69 Å². The summed E-state index contributed by atoms with van der Waals surface area (Å²) in [7, 11) is 0. The molecule has 0 radical (unpaired) electrons. The molecule has 0 aromatic heterocycles. The monoisotopic (exact) mass is 354 g/mol. The van der Waals surface area contributed by atoms with Crippen molar-refractivity contribution >= 4 is 11.6 Å². The van der Waals surface area contributed by atoms with Crippen LogP contribution in [0.15, 0.2) is 24.3 Å². The van der Waals surface area contributed by atoms with E-state index in [0.29, 0.717) is 11.6 Å². The van der Waals surface area contributed by atoms with E-state index in [1.165, 1.54) is 5.69 Å². The molecular formula is C21H30N4O. The van der Waals surface area contributed by atoms with Crippen molar-refractivity contribution in [1.82, 2.24) is 10.2 Å². The first-order chi connectivity index (χ1) is 12.6. The fraction of sp³-hybridized carbons (Fsp3) is 0.619. The Bertz CT molecular complexity index is 652. The van der Waals surface area contributed by atoms with E-state index >= 15 is 0 Å². The topological polar surface area (TPSA) is 59.4 Å². The highest BCUT2D eigenvalue weighted by atomic mass is 16.2. The molecule has 26 heavy (non-hydrogen) atoms. The Morgan fingerprint density at radius 3 is 2.35 bits per heavy atom. The van der Waals surface area contributed by atoms with Crippen LogP contribution in [0.1, 0.15) is 45.1 Å². The van der Waals surface area contributed by atoms with Crippen molar-refractivity contribution in [3.8, 4) is 6.07 Å². The van der Waals surface area contributed by atoms with Crippen molar-refractivity contribution in [2.24, 2.45) is 5.41 Å². The Labute approximate surface area is 157 Å². The molecule has 5 nitrogen and oxygen atoms in total. The molecule has 2 fully saturated rings. The summed E-state index contributed by atoms with van der Waals surface area (Å²) in [4.78, 5) is 17.2. The minimum absolute atomic E-state index is 0.126. The van der Waals surface area contributed by atoms with Gasteiger partial charge in [0.25, 0.3) is 0 Å². The highest BCUT2D eigenvalue weighted by Crippen LogP contribution is 2.37. The minimum atomic E-state index is -0.126. The number of carbonyl (C=O) groups is 1. The minimum Gasteiger partial charge on any atom is -0.369 e. The highest BCUT2D eigenvalue weighted by molar-refractivity contribution is 5.85. The Morgan fingerprint density at radius 2 is 1.81 bits per heavy atom. The van der Waals surface area contributed by atoms with Crippen LogP contribution in [0, 0.1) is 16.7 Å². The molecule has 2 aliphatic heterocycles. The Balaban J connectivity index is 1.45. The molecule has 2 aliphatic rings. The van der Waals surface area contributed by atoms with Gasteiger partial charge in [0.2, 0.25) is 5.91 Å². The van der Waals surface area contributed by atoms with Gasteiger partial charge >= 0.3 is 0 Å². The van der Waals surface area contributed by atoms with Gasteiger partial charge in [-0.15, -0.1) is 0 Å². The van der Waals surface area contributed by atoms with E-state index in [9.17, 15) is 4.79 Å². The maximum Gasteiger partial charge on any atom is 0.226 e. The number of carbonyl (C=O) groups excluding carboxylic acids is 1. The molecule has 3 rings (SSSR count). The Morgan fingerprint density at radius 1 is 1.15 bits per heavy atom. The lowest BCUT2D eigenvalue weighted by Crippen LogP contribution is -2.47. The smallest absolute Gasteiger partial charge is 0.226 e. The van der Waals surface area contributed by atoms with Gasteiger partial charge in [0.15, 0.2) is 0 Å². The summed E-state index contributed by atoms with van der Waals surface area (Å²) < 4.78 is 0. The molecule has 0 saturated carbocycles. The predicted octanol–water partition coefficient (Wildman–Crippen LogP) is 2.77. The first-order valence-corrected chi connectivity index (χ1v) is 9.88. The summed E-state index contributed by atoms with van der Waals surface area (Å²) in [5.41, 5.74) is 1.78. The lowest BCUT2D eigenvalue weighted by molar-refractivity contribution is -0.128. The molecular weight excluding hydrogens is 324 g/mol. The molecule has 1 amide bonds. The van der Waals surface area contributed by atoms with Crippen molar-refractivity contribution in [1.29, 1.82) is 5.26 Å². The third-order valence-electron chi connectivity index (χ3n) is 6.34. The summed E-state index contributed by atoms with van der Waals surface area (Å²) in [6, 6.07) is 10.4. The van der Waals surface area contributed by atoms with Gasteiger partial charge in [-0.3, -0.25) is 9.69 Å². The van der Waals surface area contributed by atoms with Crippen LogP contribution in [0.3, 0.4) is 0 Å². The number of benzene rings is 1. The van der Waals surface area contributed by atoms with Gasteiger partial charge in [-0.25, -0.2) is 0 Å². The van der Waals surface area contributed by atoms with E-state index in [1.807, 2.05) is 24.3 Å². The second-order valence-electron chi connectivity index (χ2n) is 7.64. The predicted molar refractivity (Wildman–Crippen MR) is 104 cm³/mol.